The molecule has 1 aliphatic heterocycles. The molecule has 5 rings (SSSR count). The predicted molar refractivity (Wildman–Crippen MR) is 143 cm³/mol. The first-order valence-electron chi connectivity index (χ1n) is 12.5. The van der Waals surface area contributed by atoms with Gasteiger partial charge in [0.2, 0.25) is 0 Å². The van der Waals surface area contributed by atoms with E-state index in [4.69, 9.17) is 0 Å². The molecule has 0 aliphatic carbocycles. The Hall–Kier alpha value is -4.76. The quantitative estimate of drug-likeness (QED) is 0.344. The monoisotopic (exact) mass is 546 g/mol. The van der Waals surface area contributed by atoms with Crippen LogP contribution in [-0.2, 0) is 26.3 Å². The van der Waals surface area contributed by atoms with E-state index in [0.29, 0.717) is 46.0 Å². The van der Waals surface area contributed by atoms with E-state index in [2.05, 4.69) is 31.9 Å². The molecule has 2 aromatic heterocycles. The molecule has 1 aliphatic rings. The third kappa shape index (κ3) is 4.87. The van der Waals surface area contributed by atoms with Gasteiger partial charge in [0.25, 0.3) is 5.91 Å². The summed E-state index contributed by atoms with van der Waals surface area (Å²) in [4.78, 5) is 19.4. The zero-order chi connectivity index (χ0) is 28.6. The van der Waals surface area contributed by atoms with E-state index in [1.54, 1.807) is 55.3 Å². The van der Waals surface area contributed by atoms with Crippen molar-refractivity contribution in [3.05, 3.63) is 76.6 Å². The van der Waals surface area contributed by atoms with Crippen LogP contribution in [0, 0.1) is 11.3 Å². The molecule has 2 N–H and O–H groups in total. The summed E-state index contributed by atoms with van der Waals surface area (Å²) in [6.45, 7) is 2.33. The maximum Gasteiger partial charge on any atom is 0.416 e. The van der Waals surface area contributed by atoms with E-state index >= 15 is 0 Å². The first-order chi connectivity index (χ1) is 19.1. The molecule has 0 fully saturated rings. The Morgan fingerprint density at radius 3 is 2.55 bits per heavy atom. The van der Waals surface area contributed by atoms with Crippen molar-refractivity contribution in [1.29, 1.82) is 5.26 Å². The van der Waals surface area contributed by atoms with Crippen LogP contribution < -0.4 is 15.5 Å². The average molecular weight is 547 g/mol. The largest absolute Gasteiger partial charge is 0.416 e. The highest BCUT2D eigenvalue weighted by Crippen LogP contribution is 2.41. The van der Waals surface area contributed by atoms with Gasteiger partial charge in [-0.15, -0.1) is 10.2 Å². The number of pyridine rings is 1. The number of carbonyl (C=O) groups excluding carboxylic acids is 1. The van der Waals surface area contributed by atoms with Crippen molar-refractivity contribution in [2.24, 2.45) is 7.05 Å². The van der Waals surface area contributed by atoms with E-state index in [1.807, 2.05) is 6.92 Å². The van der Waals surface area contributed by atoms with E-state index < -0.39 is 17.6 Å². The Kier molecular flexibility index (Phi) is 6.99. The molecule has 0 bridgehead atoms. The molecule has 3 heterocycles. The molecule has 0 saturated carbocycles. The molecule has 9 nitrogen and oxygen atoms in total. The molecule has 1 amide bonds. The number of nitriles is 1. The van der Waals surface area contributed by atoms with Crippen molar-refractivity contribution >= 4 is 17.5 Å². The lowest BCUT2D eigenvalue weighted by atomic mass is 9.97. The number of nitrogens with zero attached hydrogens (tertiary/aromatic N) is 6. The number of alkyl halides is 3. The molecule has 4 aromatic rings. The van der Waals surface area contributed by atoms with Crippen molar-refractivity contribution in [2.45, 2.75) is 26.2 Å². The molecule has 2 aromatic carbocycles. The molecule has 0 unspecified atom stereocenters. The number of fused-ring (bicyclic) bond motifs is 1. The third-order valence-corrected chi connectivity index (χ3v) is 6.65. The summed E-state index contributed by atoms with van der Waals surface area (Å²) in [7, 11) is 3.41. The van der Waals surface area contributed by atoms with Gasteiger partial charge < -0.3 is 15.2 Å². The summed E-state index contributed by atoms with van der Waals surface area (Å²) in [5.41, 5.74) is 1.85. The van der Waals surface area contributed by atoms with Crippen LogP contribution in [0.5, 0.6) is 0 Å². The number of anilines is 2. The summed E-state index contributed by atoms with van der Waals surface area (Å²) in [5, 5.41) is 23.6. The lowest BCUT2D eigenvalue weighted by Gasteiger charge is -2.19. The molecule has 0 radical (unpaired) electrons. The Labute approximate surface area is 228 Å². The number of carbonyl (C=O) groups is 1. The van der Waals surface area contributed by atoms with Crippen LogP contribution in [0.3, 0.4) is 0 Å². The minimum absolute atomic E-state index is 0.00965. The normalized spacial score (nSPS) is 12.9. The van der Waals surface area contributed by atoms with Gasteiger partial charge in [-0.1, -0.05) is 6.07 Å². The fourth-order valence-electron chi connectivity index (χ4n) is 4.87. The zero-order valence-corrected chi connectivity index (χ0v) is 22.0. The second-order valence-electron chi connectivity index (χ2n) is 9.36. The summed E-state index contributed by atoms with van der Waals surface area (Å²) in [5.74, 6) is 0.607. The fraction of sp³-hybridized carbons (Fsp3) is 0.250. The van der Waals surface area contributed by atoms with E-state index in [0.717, 1.165) is 6.07 Å². The highest BCUT2D eigenvalue weighted by molar-refractivity contribution is 6.10. The van der Waals surface area contributed by atoms with Gasteiger partial charge in [0.15, 0.2) is 5.82 Å². The van der Waals surface area contributed by atoms with Crippen molar-refractivity contribution < 1.29 is 18.0 Å². The lowest BCUT2D eigenvalue weighted by Crippen LogP contribution is -2.24. The lowest BCUT2D eigenvalue weighted by molar-refractivity contribution is -0.138. The van der Waals surface area contributed by atoms with Crippen molar-refractivity contribution in [2.75, 3.05) is 23.8 Å². The third-order valence-electron chi connectivity index (χ3n) is 6.65. The Bertz CT molecular complexity index is 1650. The molecule has 0 spiro atoms. The van der Waals surface area contributed by atoms with Crippen LogP contribution in [0.25, 0.3) is 22.5 Å². The second kappa shape index (κ2) is 10.4. The maximum absolute atomic E-state index is 14.0. The molecule has 40 heavy (non-hydrogen) atoms. The van der Waals surface area contributed by atoms with Crippen LogP contribution >= 0.6 is 0 Å². The molecule has 204 valence electrons. The van der Waals surface area contributed by atoms with E-state index in [-0.39, 0.29) is 30.0 Å². The van der Waals surface area contributed by atoms with Gasteiger partial charge in [-0.2, -0.15) is 18.4 Å². The molecule has 0 atom stereocenters. The van der Waals surface area contributed by atoms with Crippen molar-refractivity contribution in [3.8, 4) is 28.6 Å². The van der Waals surface area contributed by atoms with E-state index in [1.165, 1.54) is 11.0 Å². The number of amides is 1. The molecular weight excluding hydrogens is 521 g/mol. The van der Waals surface area contributed by atoms with Crippen LogP contribution in [0.1, 0.15) is 39.5 Å². The highest BCUT2D eigenvalue weighted by atomic mass is 19.4. The minimum atomic E-state index is -4.62. The van der Waals surface area contributed by atoms with Gasteiger partial charge in [-0.25, -0.2) is 4.98 Å². The topological polar surface area (TPSA) is 112 Å². The van der Waals surface area contributed by atoms with Gasteiger partial charge in [0.1, 0.15) is 18.0 Å². The number of nitrogens with one attached hydrogen (secondary N) is 2. The average Bonchev–Trinajstić information content (AvgIpc) is 3.50. The van der Waals surface area contributed by atoms with Crippen molar-refractivity contribution in [3.63, 3.8) is 0 Å². The zero-order valence-electron chi connectivity index (χ0n) is 22.0. The van der Waals surface area contributed by atoms with Gasteiger partial charge in [-0.3, -0.25) is 9.69 Å². The summed E-state index contributed by atoms with van der Waals surface area (Å²) in [6.07, 6.45) is -3.08. The second-order valence-corrected chi connectivity index (χ2v) is 9.36. The molecular formula is C28H25F3N8O. The van der Waals surface area contributed by atoms with Crippen LogP contribution in [0.15, 0.2) is 48.8 Å². The fourth-order valence-corrected chi connectivity index (χ4v) is 4.87. The minimum Gasteiger partial charge on any atom is -0.370 e. The van der Waals surface area contributed by atoms with Gasteiger partial charge in [0, 0.05) is 31.3 Å². The Morgan fingerprint density at radius 1 is 1.10 bits per heavy atom. The summed E-state index contributed by atoms with van der Waals surface area (Å²) >= 11 is 0. The standard InChI is InChI=1S/C28H25F3N8O/c1-4-34-24-10-18(19-6-5-16(12-32)7-20(19)26-37-35-15-38(26)3)11-25(36-24)39-14-22-21(27(39)40)8-17(13-33-2)9-23(22)28(29,30)31/h5-11,15,33H,4,13-14H2,1-3H3,(H,34,36). The number of aryl methyl sites for hydroxylation is 1. The van der Waals surface area contributed by atoms with E-state index in [9.17, 15) is 23.2 Å². The molecule has 12 heteroatoms. The maximum atomic E-state index is 14.0. The van der Waals surface area contributed by atoms with Crippen molar-refractivity contribution in [1.82, 2.24) is 25.1 Å². The smallest absolute Gasteiger partial charge is 0.370 e. The number of benzene rings is 2. The number of hydrogen-bond acceptors (Lipinski definition) is 7. The first kappa shape index (κ1) is 26.8. The number of aromatic nitrogens is 4. The highest BCUT2D eigenvalue weighted by Gasteiger charge is 2.41. The first-order valence-corrected chi connectivity index (χ1v) is 12.5. The Morgan fingerprint density at radius 2 is 1.90 bits per heavy atom. The predicted octanol–water partition coefficient (Wildman–Crippen LogP) is 4.75. The van der Waals surface area contributed by atoms with Crippen LogP contribution in [0.4, 0.5) is 24.8 Å². The van der Waals surface area contributed by atoms with Crippen LogP contribution in [-0.4, -0.2) is 39.2 Å². The molecule has 0 saturated heterocycles. The van der Waals surface area contributed by atoms with Gasteiger partial charge in [0.05, 0.1) is 23.7 Å². The summed E-state index contributed by atoms with van der Waals surface area (Å²) in [6, 6.07) is 13.3. The Balaban J connectivity index is 1.65. The van der Waals surface area contributed by atoms with Gasteiger partial charge in [-0.05, 0) is 72.6 Å². The number of hydrogen-bond donors (Lipinski definition) is 2. The number of rotatable bonds is 7. The van der Waals surface area contributed by atoms with Crippen LogP contribution in [0.2, 0.25) is 0 Å². The SMILES string of the molecule is CCNc1cc(-c2ccc(C#N)cc2-c2nncn2C)cc(N2Cc3c(cc(CNC)cc3C(F)(F)F)C2=O)n1. The summed E-state index contributed by atoms with van der Waals surface area (Å²) < 4.78 is 43.8. The van der Waals surface area contributed by atoms with Gasteiger partial charge >= 0.3 is 6.18 Å². The number of halogens is 3.